The van der Waals surface area contributed by atoms with Crippen LogP contribution in [0, 0.1) is 6.92 Å². The zero-order chi connectivity index (χ0) is 15.3. The molecule has 0 bridgehead atoms. The highest BCUT2D eigenvalue weighted by molar-refractivity contribution is 9.10. The lowest BCUT2D eigenvalue weighted by Crippen LogP contribution is -2.34. The largest absolute Gasteiger partial charge is 0.398 e. The highest BCUT2D eigenvalue weighted by Crippen LogP contribution is 2.22. The SMILES string of the molecule is Cc1c(N)cc(Br)cc1C(=O)NCCC(=O)NC(C)C. The van der Waals surface area contributed by atoms with Gasteiger partial charge in [-0.3, -0.25) is 9.59 Å². The molecule has 110 valence electrons. The number of benzene rings is 1. The molecule has 5 nitrogen and oxygen atoms in total. The van der Waals surface area contributed by atoms with Crippen molar-refractivity contribution in [1.82, 2.24) is 10.6 Å². The summed E-state index contributed by atoms with van der Waals surface area (Å²) >= 11 is 3.31. The summed E-state index contributed by atoms with van der Waals surface area (Å²) in [4.78, 5) is 23.5. The lowest BCUT2D eigenvalue weighted by Gasteiger charge is -2.11. The lowest BCUT2D eigenvalue weighted by atomic mass is 10.1. The molecule has 0 aliphatic heterocycles. The van der Waals surface area contributed by atoms with Gasteiger partial charge >= 0.3 is 0 Å². The van der Waals surface area contributed by atoms with E-state index in [9.17, 15) is 9.59 Å². The van der Waals surface area contributed by atoms with Gasteiger partial charge in [0.1, 0.15) is 0 Å². The van der Waals surface area contributed by atoms with Gasteiger partial charge in [-0.1, -0.05) is 15.9 Å². The number of nitrogens with two attached hydrogens (primary N) is 1. The second-order valence-electron chi connectivity index (χ2n) is 4.90. The Morgan fingerprint density at radius 1 is 1.35 bits per heavy atom. The van der Waals surface area contributed by atoms with Crippen LogP contribution in [0.3, 0.4) is 0 Å². The van der Waals surface area contributed by atoms with Crippen LogP contribution in [0.4, 0.5) is 5.69 Å². The summed E-state index contributed by atoms with van der Waals surface area (Å²) in [6.07, 6.45) is 0.256. The number of hydrogen-bond acceptors (Lipinski definition) is 3. The Bertz CT molecular complexity index is 515. The van der Waals surface area contributed by atoms with Crippen LogP contribution in [-0.4, -0.2) is 24.4 Å². The van der Waals surface area contributed by atoms with Gasteiger partial charge in [-0.15, -0.1) is 0 Å². The molecule has 0 spiro atoms. The number of anilines is 1. The van der Waals surface area contributed by atoms with Crippen molar-refractivity contribution in [3.05, 3.63) is 27.7 Å². The molecule has 0 heterocycles. The van der Waals surface area contributed by atoms with Gasteiger partial charge in [0.05, 0.1) is 0 Å². The zero-order valence-corrected chi connectivity index (χ0v) is 13.5. The molecule has 0 atom stereocenters. The minimum atomic E-state index is -0.229. The number of nitrogen functional groups attached to an aromatic ring is 1. The molecule has 4 N–H and O–H groups in total. The van der Waals surface area contributed by atoms with Crippen molar-refractivity contribution in [2.45, 2.75) is 33.2 Å². The van der Waals surface area contributed by atoms with Gasteiger partial charge in [0.15, 0.2) is 0 Å². The van der Waals surface area contributed by atoms with Crippen molar-refractivity contribution in [2.24, 2.45) is 0 Å². The molecule has 1 aromatic rings. The maximum Gasteiger partial charge on any atom is 0.251 e. The van der Waals surface area contributed by atoms with E-state index in [2.05, 4.69) is 26.6 Å². The van der Waals surface area contributed by atoms with Gasteiger partial charge in [-0.25, -0.2) is 0 Å². The smallest absolute Gasteiger partial charge is 0.251 e. The average molecular weight is 342 g/mol. The average Bonchev–Trinajstić information content (AvgIpc) is 2.32. The van der Waals surface area contributed by atoms with Crippen LogP contribution in [0.2, 0.25) is 0 Å². The van der Waals surface area contributed by atoms with Crippen LogP contribution in [0.25, 0.3) is 0 Å². The van der Waals surface area contributed by atoms with E-state index >= 15 is 0 Å². The van der Waals surface area contributed by atoms with Gasteiger partial charge in [-0.05, 0) is 38.5 Å². The number of hydrogen-bond donors (Lipinski definition) is 3. The predicted octanol–water partition coefficient (Wildman–Crippen LogP) is 1.98. The Hall–Kier alpha value is -1.56. The van der Waals surface area contributed by atoms with E-state index in [1.54, 1.807) is 19.1 Å². The number of carbonyl (C=O) groups is 2. The molecular formula is C14H20BrN3O2. The van der Waals surface area contributed by atoms with Crippen molar-refractivity contribution in [1.29, 1.82) is 0 Å². The van der Waals surface area contributed by atoms with E-state index in [1.165, 1.54) is 0 Å². The van der Waals surface area contributed by atoms with Crippen LogP contribution in [0.15, 0.2) is 16.6 Å². The number of nitrogens with one attached hydrogen (secondary N) is 2. The third kappa shape index (κ3) is 4.85. The van der Waals surface area contributed by atoms with E-state index in [-0.39, 0.29) is 24.3 Å². The summed E-state index contributed by atoms with van der Waals surface area (Å²) in [5.74, 6) is -0.307. The fourth-order valence-electron chi connectivity index (χ4n) is 1.71. The van der Waals surface area contributed by atoms with Crippen molar-refractivity contribution >= 4 is 33.4 Å². The van der Waals surface area contributed by atoms with Crippen LogP contribution in [-0.2, 0) is 4.79 Å². The number of rotatable bonds is 5. The summed E-state index contributed by atoms with van der Waals surface area (Å²) in [6, 6.07) is 3.57. The molecule has 0 saturated heterocycles. The van der Waals surface area contributed by atoms with E-state index in [1.807, 2.05) is 13.8 Å². The van der Waals surface area contributed by atoms with Crippen LogP contribution in [0.5, 0.6) is 0 Å². The molecular weight excluding hydrogens is 322 g/mol. The molecule has 0 aliphatic rings. The third-order valence-electron chi connectivity index (χ3n) is 2.74. The summed E-state index contributed by atoms with van der Waals surface area (Å²) < 4.78 is 0.753. The normalized spacial score (nSPS) is 10.4. The van der Waals surface area contributed by atoms with Crippen LogP contribution in [0.1, 0.15) is 36.2 Å². The molecule has 0 radical (unpaired) electrons. The van der Waals surface area contributed by atoms with Crippen molar-refractivity contribution in [3.8, 4) is 0 Å². The first-order valence-electron chi connectivity index (χ1n) is 6.44. The predicted molar refractivity (Wildman–Crippen MR) is 83.5 cm³/mol. The topological polar surface area (TPSA) is 84.2 Å². The Balaban J connectivity index is 2.58. The van der Waals surface area contributed by atoms with Crippen LogP contribution < -0.4 is 16.4 Å². The first kappa shape index (κ1) is 16.5. The van der Waals surface area contributed by atoms with Gasteiger partial charge in [-0.2, -0.15) is 0 Å². The number of halogens is 1. The second kappa shape index (κ2) is 7.28. The molecule has 6 heteroatoms. The Morgan fingerprint density at radius 2 is 2.00 bits per heavy atom. The van der Waals surface area contributed by atoms with E-state index in [0.29, 0.717) is 17.8 Å². The monoisotopic (exact) mass is 341 g/mol. The molecule has 0 fully saturated rings. The quantitative estimate of drug-likeness (QED) is 0.716. The lowest BCUT2D eigenvalue weighted by molar-refractivity contribution is -0.121. The molecule has 0 aromatic heterocycles. The molecule has 2 amide bonds. The van der Waals surface area contributed by atoms with Gasteiger partial charge < -0.3 is 16.4 Å². The van der Waals surface area contributed by atoms with Gasteiger partial charge in [0, 0.05) is 34.7 Å². The Labute approximate surface area is 127 Å². The van der Waals surface area contributed by atoms with E-state index < -0.39 is 0 Å². The van der Waals surface area contributed by atoms with Crippen LogP contribution >= 0.6 is 15.9 Å². The van der Waals surface area contributed by atoms with E-state index in [0.717, 1.165) is 10.0 Å². The summed E-state index contributed by atoms with van der Waals surface area (Å²) in [5.41, 5.74) is 7.62. The maximum atomic E-state index is 12.1. The standard InChI is InChI=1S/C14H20BrN3O2/c1-8(2)18-13(19)4-5-17-14(20)11-6-10(15)7-12(16)9(11)3/h6-8H,4-5,16H2,1-3H3,(H,17,20)(H,18,19). The molecule has 0 unspecified atom stereocenters. The summed E-state index contributed by atoms with van der Waals surface area (Å²) in [7, 11) is 0. The maximum absolute atomic E-state index is 12.1. The van der Waals surface area contributed by atoms with Gasteiger partial charge in [0.2, 0.25) is 5.91 Å². The molecule has 20 heavy (non-hydrogen) atoms. The minimum absolute atomic E-state index is 0.0780. The van der Waals surface area contributed by atoms with Crippen molar-refractivity contribution in [2.75, 3.05) is 12.3 Å². The molecule has 1 rings (SSSR count). The first-order chi connectivity index (χ1) is 9.31. The van der Waals surface area contributed by atoms with Gasteiger partial charge in [0.25, 0.3) is 5.91 Å². The minimum Gasteiger partial charge on any atom is -0.398 e. The zero-order valence-electron chi connectivity index (χ0n) is 11.9. The summed E-state index contributed by atoms with van der Waals surface area (Å²) in [5, 5.41) is 5.49. The number of carbonyl (C=O) groups excluding carboxylic acids is 2. The third-order valence-corrected chi connectivity index (χ3v) is 3.20. The highest BCUT2D eigenvalue weighted by Gasteiger charge is 2.12. The van der Waals surface area contributed by atoms with E-state index in [4.69, 9.17) is 5.73 Å². The number of amides is 2. The summed E-state index contributed by atoms with van der Waals surface area (Å²) in [6.45, 7) is 5.87. The Morgan fingerprint density at radius 3 is 2.60 bits per heavy atom. The van der Waals surface area contributed by atoms with Crippen molar-refractivity contribution < 1.29 is 9.59 Å². The second-order valence-corrected chi connectivity index (χ2v) is 5.81. The Kier molecular flexibility index (Phi) is 6.01. The first-order valence-corrected chi connectivity index (χ1v) is 7.23. The molecule has 0 aliphatic carbocycles. The highest BCUT2D eigenvalue weighted by atomic mass is 79.9. The molecule has 1 aromatic carbocycles. The fraction of sp³-hybridized carbons (Fsp3) is 0.429. The molecule has 0 saturated carbocycles. The van der Waals surface area contributed by atoms with Crippen molar-refractivity contribution in [3.63, 3.8) is 0 Å². The fourth-order valence-corrected chi connectivity index (χ4v) is 2.19.